The molecule has 5 atom stereocenters. The fourth-order valence-corrected chi connectivity index (χ4v) is 9.84. The number of rotatable bonds is 61. The average molecular weight is 1240 g/mol. The van der Waals surface area contributed by atoms with Crippen LogP contribution in [0.25, 0.3) is 0 Å². The van der Waals surface area contributed by atoms with Crippen molar-refractivity contribution in [2.75, 3.05) is 39.6 Å². The van der Waals surface area contributed by atoms with Crippen molar-refractivity contribution in [3.05, 3.63) is 97.2 Å². The maximum absolute atomic E-state index is 12.8. The molecule has 0 bridgehead atoms. The molecule has 0 heterocycles. The minimum atomic E-state index is -4.92. The minimum Gasteiger partial charge on any atom is -0.463 e. The zero-order chi connectivity index (χ0) is 62.4. The Morgan fingerprint density at radius 2 is 0.635 bits per heavy atom. The Bertz CT molecular complexity index is 1940. The van der Waals surface area contributed by atoms with E-state index in [4.69, 9.17) is 32.3 Å². The highest BCUT2D eigenvalue weighted by Crippen LogP contribution is 2.45. The van der Waals surface area contributed by atoms with Crippen molar-refractivity contribution >= 4 is 33.6 Å². The summed E-state index contributed by atoms with van der Waals surface area (Å²) in [6, 6.07) is 0. The van der Waals surface area contributed by atoms with Crippen molar-refractivity contribution in [2.24, 2.45) is 0 Å². The van der Waals surface area contributed by atoms with Crippen LogP contribution in [0.15, 0.2) is 97.2 Å². The molecular formula is C67H116O16P2. The van der Waals surface area contributed by atoms with Crippen molar-refractivity contribution in [2.45, 2.75) is 270 Å². The maximum atomic E-state index is 12.8. The van der Waals surface area contributed by atoms with E-state index in [-0.39, 0.29) is 19.3 Å². The van der Waals surface area contributed by atoms with Gasteiger partial charge in [0.15, 0.2) is 6.10 Å². The van der Waals surface area contributed by atoms with Gasteiger partial charge in [-0.3, -0.25) is 32.5 Å². The number of carbonyl (C=O) groups excluding carboxylic acids is 3. The van der Waals surface area contributed by atoms with E-state index in [1.54, 1.807) is 0 Å². The summed E-state index contributed by atoms with van der Waals surface area (Å²) in [7, 11) is -9.77. The van der Waals surface area contributed by atoms with E-state index in [1.807, 2.05) is 0 Å². The summed E-state index contributed by atoms with van der Waals surface area (Å²) in [5.74, 6) is -1.62. The van der Waals surface area contributed by atoms with Crippen molar-refractivity contribution in [1.82, 2.24) is 0 Å². The van der Waals surface area contributed by atoms with Gasteiger partial charge < -0.3 is 34.2 Å². The van der Waals surface area contributed by atoms with Gasteiger partial charge in [-0.25, -0.2) is 9.13 Å². The van der Waals surface area contributed by atoms with Gasteiger partial charge in [0.25, 0.3) is 0 Å². The molecule has 0 amide bonds. The van der Waals surface area contributed by atoms with Gasteiger partial charge in [0.1, 0.15) is 25.4 Å². The van der Waals surface area contributed by atoms with Crippen LogP contribution < -0.4 is 0 Å². The molecule has 0 aliphatic rings. The van der Waals surface area contributed by atoms with Crippen LogP contribution in [-0.2, 0) is 55.8 Å². The van der Waals surface area contributed by atoms with Gasteiger partial charge in [0.05, 0.1) is 26.4 Å². The summed E-state index contributed by atoms with van der Waals surface area (Å²) in [6.07, 6.45) is 64.8. The van der Waals surface area contributed by atoms with Crippen LogP contribution in [0.2, 0.25) is 0 Å². The summed E-state index contributed by atoms with van der Waals surface area (Å²) < 4.78 is 60.7. The number of esters is 3. The minimum absolute atomic E-state index is 0.0920. The van der Waals surface area contributed by atoms with Crippen molar-refractivity contribution in [3.63, 3.8) is 0 Å². The quantitative estimate of drug-likeness (QED) is 0.0146. The number of aliphatic hydroxyl groups is 2. The number of phosphoric ester groups is 2. The second-order valence-corrected chi connectivity index (χ2v) is 24.4. The van der Waals surface area contributed by atoms with Gasteiger partial charge in [-0.15, -0.1) is 0 Å². The molecular weight excluding hydrogens is 1120 g/mol. The van der Waals surface area contributed by atoms with E-state index in [0.717, 1.165) is 141 Å². The molecule has 4 N–H and O–H groups in total. The Balaban J connectivity index is 4.58. The molecule has 0 saturated heterocycles. The van der Waals surface area contributed by atoms with Gasteiger partial charge >= 0.3 is 33.6 Å². The first-order valence-corrected chi connectivity index (χ1v) is 35.5. The highest BCUT2D eigenvalue weighted by Gasteiger charge is 2.29. The van der Waals surface area contributed by atoms with Crippen molar-refractivity contribution in [1.29, 1.82) is 0 Å². The fraction of sp³-hybridized carbons (Fsp3) is 0.716. The molecule has 0 aromatic heterocycles. The number of allylic oxidation sites excluding steroid dienone is 16. The Kier molecular flexibility index (Phi) is 58.2. The van der Waals surface area contributed by atoms with E-state index in [0.29, 0.717) is 19.3 Å². The standard InChI is InChI=1S/C67H116O16P2/c1-4-7-10-13-16-19-22-24-26-27-28-29-30-31-32-33-35-37-39-41-44-47-50-53-65(70)77-56-62(68)57-79-84(73,74)80-58-63(69)59-81-85(75,76)82-61-64(83-67(72)55-52-49-46-43-38-21-18-15-12-9-6-3)60-78-66(71)54-51-48-45-42-40-36-34-25-23-20-17-14-11-8-5-2/h7,10,15-16,18-19,24-26,28-29,31-32,34-35,37,62-64,68-69H,4-6,8-9,11-14,17,20-23,27,30,33,36,38-61H2,1-3H3,(H,73,74)(H,75,76)/b10-7-,18-15-,19-16-,26-24-,29-28-,32-31-,34-25-,37-35-. The third-order valence-corrected chi connectivity index (χ3v) is 15.2. The molecule has 0 rings (SSSR count). The van der Waals surface area contributed by atoms with Gasteiger partial charge in [-0.05, 0) is 116 Å². The molecule has 0 fully saturated rings. The van der Waals surface area contributed by atoms with Crippen LogP contribution in [0, 0.1) is 0 Å². The fourth-order valence-electron chi connectivity index (χ4n) is 8.25. The van der Waals surface area contributed by atoms with Crippen LogP contribution in [0.5, 0.6) is 0 Å². The largest absolute Gasteiger partial charge is 0.472 e. The molecule has 0 aromatic rings. The van der Waals surface area contributed by atoms with Crippen LogP contribution in [-0.4, -0.2) is 95.9 Å². The van der Waals surface area contributed by atoms with Gasteiger partial charge in [-0.1, -0.05) is 214 Å². The number of phosphoric acid groups is 2. The lowest BCUT2D eigenvalue weighted by Crippen LogP contribution is -2.30. The summed E-state index contributed by atoms with van der Waals surface area (Å²) in [5, 5.41) is 20.5. The predicted molar refractivity (Wildman–Crippen MR) is 344 cm³/mol. The van der Waals surface area contributed by atoms with E-state index < -0.39 is 91.5 Å². The molecule has 16 nitrogen and oxygen atoms in total. The number of ether oxygens (including phenoxy) is 3. The van der Waals surface area contributed by atoms with Crippen molar-refractivity contribution < 1.29 is 75.8 Å². The van der Waals surface area contributed by atoms with Crippen molar-refractivity contribution in [3.8, 4) is 0 Å². The lowest BCUT2D eigenvalue weighted by molar-refractivity contribution is -0.161. The molecule has 0 aliphatic carbocycles. The van der Waals surface area contributed by atoms with Crippen LogP contribution >= 0.6 is 15.6 Å². The molecule has 18 heteroatoms. The van der Waals surface area contributed by atoms with Gasteiger partial charge in [-0.2, -0.15) is 0 Å². The highest BCUT2D eigenvalue weighted by atomic mass is 31.2. The lowest BCUT2D eigenvalue weighted by atomic mass is 10.1. The number of carbonyl (C=O) groups is 3. The molecule has 490 valence electrons. The topological polar surface area (TPSA) is 231 Å². The second kappa shape index (κ2) is 60.7. The molecule has 0 aromatic carbocycles. The molecule has 85 heavy (non-hydrogen) atoms. The summed E-state index contributed by atoms with van der Waals surface area (Å²) in [4.78, 5) is 58.2. The smallest absolute Gasteiger partial charge is 0.463 e. The molecule has 0 spiro atoms. The van der Waals surface area contributed by atoms with Crippen LogP contribution in [0.4, 0.5) is 0 Å². The molecule has 0 aliphatic heterocycles. The Morgan fingerprint density at radius 1 is 0.341 bits per heavy atom. The first kappa shape index (κ1) is 81.5. The summed E-state index contributed by atoms with van der Waals surface area (Å²) in [6.45, 7) is 2.44. The number of aliphatic hydroxyl groups excluding tert-OH is 2. The normalized spacial score (nSPS) is 15.0. The third kappa shape index (κ3) is 61.9. The highest BCUT2D eigenvalue weighted by molar-refractivity contribution is 7.47. The summed E-state index contributed by atoms with van der Waals surface area (Å²) in [5.41, 5.74) is 0. The molecule has 0 radical (unpaired) electrons. The lowest BCUT2D eigenvalue weighted by Gasteiger charge is -2.21. The van der Waals surface area contributed by atoms with E-state index in [2.05, 4.69) is 118 Å². The van der Waals surface area contributed by atoms with E-state index in [1.165, 1.54) is 51.4 Å². The maximum Gasteiger partial charge on any atom is 0.472 e. The Hall–Kier alpha value is -3.53. The first-order valence-electron chi connectivity index (χ1n) is 32.5. The monoisotopic (exact) mass is 1240 g/mol. The number of hydrogen-bond acceptors (Lipinski definition) is 14. The van der Waals surface area contributed by atoms with Gasteiger partial charge in [0.2, 0.25) is 0 Å². The number of hydrogen-bond donors (Lipinski definition) is 4. The zero-order valence-electron chi connectivity index (χ0n) is 52.8. The molecule has 5 unspecified atom stereocenters. The first-order chi connectivity index (χ1) is 41.2. The zero-order valence-corrected chi connectivity index (χ0v) is 54.5. The SMILES string of the molecule is CC/C=C\C/C=C\C/C=C\C/C=C\C/C=C\C/C=C\CCCCCCC(=O)OCC(O)COP(=O)(O)OCC(O)COP(=O)(O)OCC(COC(=O)CCCCCCC/C=C\CCCCCCCC)OC(=O)CCCCCCC/C=C\CCCC. The second-order valence-electron chi connectivity index (χ2n) is 21.5. The van der Waals surface area contributed by atoms with Crippen LogP contribution in [0.3, 0.4) is 0 Å². The predicted octanol–water partition coefficient (Wildman–Crippen LogP) is 17.5. The molecule has 0 saturated carbocycles. The van der Waals surface area contributed by atoms with Gasteiger partial charge in [0, 0.05) is 19.3 Å². The number of unbranched alkanes of at least 4 members (excludes halogenated alkanes) is 22. The third-order valence-electron chi connectivity index (χ3n) is 13.3. The van der Waals surface area contributed by atoms with E-state index in [9.17, 15) is 43.5 Å². The average Bonchev–Trinajstić information content (AvgIpc) is 3.60. The Labute approximate surface area is 514 Å². The Morgan fingerprint density at radius 3 is 1.04 bits per heavy atom. The van der Waals surface area contributed by atoms with E-state index >= 15 is 0 Å². The van der Waals surface area contributed by atoms with Crippen LogP contribution in [0.1, 0.15) is 252 Å². The summed E-state index contributed by atoms with van der Waals surface area (Å²) >= 11 is 0.